The fourth-order valence-electron chi connectivity index (χ4n) is 3.39. The first kappa shape index (κ1) is 15.0. The molecule has 0 bridgehead atoms. The summed E-state index contributed by atoms with van der Waals surface area (Å²) in [6, 6.07) is 0.240. The van der Waals surface area contributed by atoms with E-state index in [-0.39, 0.29) is 11.6 Å². The van der Waals surface area contributed by atoms with Gasteiger partial charge in [0, 0.05) is 18.6 Å². The van der Waals surface area contributed by atoms with Crippen molar-refractivity contribution in [3.8, 4) is 0 Å². The maximum atomic E-state index is 5.90. The summed E-state index contributed by atoms with van der Waals surface area (Å²) >= 11 is 0. The molecule has 1 saturated heterocycles. The lowest BCUT2D eigenvalue weighted by molar-refractivity contribution is -0.0192. The van der Waals surface area contributed by atoms with E-state index in [1.165, 1.54) is 37.7 Å². The fourth-order valence-corrected chi connectivity index (χ4v) is 3.39. The van der Waals surface area contributed by atoms with E-state index in [4.69, 9.17) is 10.6 Å². The number of nitrogens with one attached hydrogen (secondary N) is 1. The molecule has 2 aliphatic rings. The Morgan fingerprint density at radius 1 is 1.26 bits per heavy atom. The maximum Gasteiger partial charge on any atom is 0.0598 e. The van der Waals surface area contributed by atoms with E-state index < -0.39 is 0 Å². The van der Waals surface area contributed by atoms with E-state index in [1.54, 1.807) is 0 Å². The first-order chi connectivity index (χ1) is 9.16. The third-order valence-electron chi connectivity index (χ3n) is 4.65. The minimum absolute atomic E-state index is 0.0364. The molecular formula is C15H29N3O. The minimum Gasteiger partial charge on any atom is -0.379 e. The van der Waals surface area contributed by atoms with Gasteiger partial charge in [-0.25, -0.2) is 0 Å². The van der Waals surface area contributed by atoms with Gasteiger partial charge in [-0.05, 0) is 39.5 Å². The van der Waals surface area contributed by atoms with E-state index in [0.29, 0.717) is 0 Å². The molecule has 1 aliphatic carbocycles. The van der Waals surface area contributed by atoms with Crippen molar-refractivity contribution < 1.29 is 4.74 Å². The van der Waals surface area contributed by atoms with Gasteiger partial charge in [-0.3, -0.25) is 16.2 Å². The third kappa shape index (κ3) is 3.57. The van der Waals surface area contributed by atoms with Crippen LogP contribution in [0.1, 0.15) is 46.0 Å². The number of allylic oxidation sites excluding steroid dienone is 1. The van der Waals surface area contributed by atoms with Crippen LogP contribution in [0.2, 0.25) is 0 Å². The summed E-state index contributed by atoms with van der Waals surface area (Å²) in [5, 5.41) is 0. The van der Waals surface area contributed by atoms with Crippen LogP contribution in [0.15, 0.2) is 11.6 Å². The molecule has 110 valence electrons. The number of nitrogens with two attached hydrogens (primary N) is 1. The van der Waals surface area contributed by atoms with Crippen molar-refractivity contribution in [1.82, 2.24) is 10.3 Å². The molecule has 1 unspecified atom stereocenters. The molecule has 1 atom stereocenters. The van der Waals surface area contributed by atoms with Crippen LogP contribution in [0, 0.1) is 0 Å². The van der Waals surface area contributed by atoms with E-state index in [1.807, 2.05) is 0 Å². The second-order valence-corrected chi connectivity index (χ2v) is 6.23. The SMILES string of the molecule is CC(C)(C(NN)C1=CCCCCC1)N1CCOCC1. The summed E-state index contributed by atoms with van der Waals surface area (Å²) in [5.41, 5.74) is 4.62. The van der Waals surface area contributed by atoms with Crippen molar-refractivity contribution in [2.45, 2.75) is 57.5 Å². The van der Waals surface area contributed by atoms with Crippen LogP contribution in [0.3, 0.4) is 0 Å². The van der Waals surface area contributed by atoms with Crippen LogP contribution in [0.4, 0.5) is 0 Å². The van der Waals surface area contributed by atoms with Crippen LogP contribution in [0.5, 0.6) is 0 Å². The van der Waals surface area contributed by atoms with Crippen molar-refractivity contribution in [1.29, 1.82) is 0 Å². The lowest BCUT2D eigenvalue weighted by Crippen LogP contribution is -2.62. The predicted molar refractivity (Wildman–Crippen MR) is 78.8 cm³/mol. The molecule has 2 rings (SSSR count). The van der Waals surface area contributed by atoms with Gasteiger partial charge in [0.1, 0.15) is 0 Å². The zero-order valence-electron chi connectivity index (χ0n) is 12.5. The molecule has 0 radical (unpaired) electrons. The molecule has 3 N–H and O–H groups in total. The molecule has 1 aliphatic heterocycles. The lowest BCUT2D eigenvalue weighted by Gasteiger charge is -2.46. The maximum absolute atomic E-state index is 5.90. The van der Waals surface area contributed by atoms with Gasteiger partial charge in [0.2, 0.25) is 0 Å². The van der Waals surface area contributed by atoms with Gasteiger partial charge in [0.25, 0.3) is 0 Å². The van der Waals surface area contributed by atoms with Gasteiger partial charge in [-0.2, -0.15) is 0 Å². The molecular weight excluding hydrogens is 238 g/mol. The number of morpholine rings is 1. The van der Waals surface area contributed by atoms with Crippen LogP contribution >= 0.6 is 0 Å². The van der Waals surface area contributed by atoms with Crippen LogP contribution in [-0.2, 0) is 4.74 Å². The van der Waals surface area contributed by atoms with Crippen LogP contribution < -0.4 is 11.3 Å². The van der Waals surface area contributed by atoms with Crippen molar-refractivity contribution in [2.75, 3.05) is 26.3 Å². The van der Waals surface area contributed by atoms with E-state index in [0.717, 1.165) is 26.3 Å². The average Bonchev–Trinajstić information content (AvgIpc) is 2.69. The highest BCUT2D eigenvalue weighted by atomic mass is 16.5. The number of hydrogen-bond donors (Lipinski definition) is 2. The minimum atomic E-state index is 0.0364. The molecule has 1 fully saturated rings. The molecule has 1 heterocycles. The average molecular weight is 267 g/mol. The van der Waals surface area contributed by atoms with Crippen molar-refractivity contribution in [3.63, 3.8) is 0 Å². The number of rotatable bonds is 4. The highest BCUT2D eigenvalue weighted by Gasteiger charge is 2.37. The van der Waals surface area contributed by atoms with Gasteiger partial charge in [0.05, 0.1) is 19.3 Å². The fraction of sp³-hybridized carbons (Fsp3) is 0.867. The summed E-state index contributed by atoms with van der Waals surface area (Å²) < 4.78 is 5.47. The zero-order chi connectivity index (χ0) is 13.7. The van der Waals surface area contributed by atoms with Gasteiger partial charge < -0.3 is 4.74 Å². The lowest BCUT2D eigenvalue weighted by atomic mass is 9.85. The normalized spacial score (nSPS) is 24.7. The summed E-state index contributed by atoms with van der Waals surface area (Å²) in [6.45, 7) is 8.26. The summed E-state index contributed by atoms with van der Waals surface area (Å²) in [4.78, 5) is 2.51. The van der Waals surface area contributed by atoms with Crippen molar-refractivity contribution in [2.24, 2.45) is 5.84 Å². The zero-order valence-corrected chi connectivity index (χ0v) is 12.5. The Morgan fingerprint density at radius 3 is 2.68 bits per heavy atom. The molecule has 0 aromatic carbocycles. The molecule has 0 aromatic rings. The molecule has 0 saturated carbocycles. The number of hydrazine groups is 1. The number of nitrogens with zero attached hydrogens (tertiary/aromatic N) is 1. The van der Waals surface area contributed by atoms with E-state index in [9.17, 15) is 0 Å². The smallest absolute Gasteiger partial charge is 0.0598 e. The monoisotopic (exact) mass is 267 g/mol. The van der Waals surface area contributed by atoms with E-state index >= 15 is 0 Å². The molecule has 4 heteroatoms. The quantitative estimate of drug-likeness (QED) is 0.463. The Balaban J connectivity index is 2.11. The van der Waals surface area contributed by atoms with Crippen molar-refractivity contribution in [3.05, 3.63) is 11.6 Å². The Bertz CT molecular complexity index is 309. The van der Waals surface area contributed by atoms with Crippen molar-refractivity contribution >= 4 is 0 Å². The number of ether oxygens (including phenoxy) is 1. The Labute approximate surface area is 117 Å². The second kappa shape index (κ2) is 6.84. The number of hydrogen-bond acceptors (Lipinski definition) is 4. The van der Waals surface area contributed by atoms with Gasteiger partial charge in [-0.1, -0.05) is 18.1 Å². The molecule has 4 nitrogen and oxygen atoms in total. The Kier molecular flexibility index (Phi) is 5.39. The van der Waals surface area contributed by atoms with Gasteiger partial charge in [-0.15, -0.1) is 0 Å². The highest BCUT2D eigenvalue weighted by molar-refractivity contribution is 5.18. The largest absolute Gasteiger partial charge is 0.379 e. The molecule has 0 aromatic heterocycles. The first-order valence-electron chi connectivity index (χ1n) is 7.64. The van der Waals surface area contributed by atoms with Gasteiger partial charge >= 0.3 is 0 Å². The topological polar surface area (TPSA) is 50.5 Å². The van der Waals surface area contributed by atoms with E-state index in [2.05, 4.69) is 30.2 Å². The van der Waals surface area contributed by atoms with Crippen LogP contribution in [0.25, 0.3) is 0 Å². The molecule has 0 spiro atoms. The molecule has 0 amide bonds. The summed E-state index contributed by atoms with van der Waals surface area (Å²) in [5.74, 6) is 5.90. The summed E-state index contributed by atoms with van der Waals surface area (Å²) in [7, 11) is 0. The third-order valence-corrected chi connectivity index (χ3v) is 4.65. The molecule has 19 heavy (non-hydrogen) atoms. The predicted octanol–water partition coefficient (Wildman–Crippen LogP) is 1.82. The Morgan fingerprint density at radius 2 is 2.00 bits per heavy atom. The first-order valence-corrected chi connectivity index (χ1v) is 7.64. The van der Waals surface area contributed by atoms with Gasteiger partial charge in [0.15, 0.2) is 0 Å². The van der Waals surface area contributed by atoms with Crippen LogP contribution in [-0.4, -0.2) is 42.8 Å². The standard InChI is InChI=1S/C15H29N3O/c1-15(2,18-9-11-19-12-10-18)14(17-16)13-7-5-3-4-6-8-13/h7,14,17H,3-6,8-12,16H2,1-2H3. The second-order valence-electron chi connectivity index (χ2n) is 6.23. The summed E-state index contributed by atoms with van der Waals surface area (Å²) in [6.07, 6.45) is 8.76. The Hall–Kier alpha value is -0.420. The highest BCUT2D eigenvalue weighted by Crippen LogP contribution is 2.29.